The topological polar surface area (TPSA) is 38.3 Å². The maximum atomic E-state index is 11.8. The number of rotatable bonds is 7. The van der Waals surface area contributed by atoms with E-state index in [1.54, 1.807) is 0 Å². The molecule has 0 atom stereocenters. The van der Waals surface area contributed by atoms with Crippen LogP contribution in [0.2, 0.25) is 0 Å². The second-order valence-corrected chi connectivity index (χ2v) is 7.09. The normalized spacial score (nSPS) is 15.1. The molecule has 0 aromatic heterocycles. The summed E-state index contributed by atoms with van der Waals surface area (Å²) in [6.07, 6.45) is 5.42. The lowest BCUT2D eigenvalue weighted by molar-refractivity contribution is -0.122. The van der Waals surface area contributed by atoms with Gasteiger partial charge >= 0.3 is 0 Å². The van der Waals surface area contributed by atoms with E-state index in [0.29, 0.717) is 0 Å². The molecule has 1 aromatic carbocycles. The van der Waals surface area contributed by atoms with Gasteiger partial charge in [-0.2, -0.15) is 11.8 Å². The van der Waals surface area contributed by atoms with Crippen LogP contribution >= 0.6 is 11.8 Å². The number of amides is 1. The highest BCUT2D eigenvalue weighted by atomic mass is 32.2. The second-order valence-electron chi connectivity index (χ2n) is 5.68. The predicted molar refractivity (Wildman–Crippen MR) is 89.1 cm³/mol. The lowest BCUT2D eigenvalue weighted by Gasteiger charge is -2.11. The molecule has 3 nitrogen and oxygen atoms in total. The van der Waals surface area contributed by atoms with Crippen molar-refractivity contribution < 1.29 is 9.53 Å². The van der Waals surface area contributed by atoms with Gasteiger partial charge in [0.1, 0.15) is 5.75 Å². The number of aryl methyl sites for hydroxylation is 2. The molecule has 1 fully saturated rings. The lowest BCUT2D eigenvalue weighted by atomic mass is 10.1. The maximum Gasteiger partial charge on any atom is 0.257 e. The van der Waals surface area contributed by atoms with Crippen LogP contribution in [0, 0.1) is 13.8 Å². The summed E-state index contributed by atoms with van der Waals surface area (Å²) in [6.45, 7) is 4.84. The van der Waals surface area contributed by atoms with E-state index in [4.69, 9.17) is 4.74 Å². The molecule has 1 N–H and O–H groups in total. The zero-order valence-corrected chi connectivity index (χ0v) is 13.8. The fourth-order valence-electron chi connectivity index (χ4n) is 2.53. The average molecular weight is 307 g/mol. The van der Waals surface area contributed by atoms with Gasteiger partial charge in [0.25, 0.3) is 5.91 Å². The number of benzene rings is 1. The van der Waals surface area contributed by atoms with E-state index >= 15 is 0 Å². The van der Waals surface area contributed by atoms with Gasteiger partial charge in [0.05, 0.1) is 0 Å². The number of thioether (sulfide) groups is 1. The van der Waals surface area contributed by atoms with Gasteiger partial charge in [0, 0.05) is 17.5 Å². The van der Waals surface area contributed by atoms with Gasteiger partial charge in [-0.05, 0) is 43.9 Å². The largest absolute Gasteiger partial charge is 0.483 e. The Morgan fingerprint density at radius 2 is 2.10 bits per heavy atom. The maximum absolute atomic E-state index is 11.8. The molecule has 1 aromatic rings. The van der Waals surface area contributed by atoms with Crippen molar-refractivity contribution in [1.29, 1.82) is 0 Å². The summed E-state index contributed by atoms with van der Waals surface area (Å²) in [5.41, 5.74) is 2.20. The summed E-state index contributed by atoms with van der Waals surface area (Å²) >= 11 is 1.99. The molecule has 0 bridgehead atoms. The Labute approximate surface area is 131 Å². The molecule has 0 aliphatic heterocycles. The Morgan fingerprint density at radius 3 is 2.86 bits per heavy atom. The molecule has 116 valence electrons. The average Bonchev–Trinajstić information content (AvgIpc) is 2.98. The Kier molecular flexibility index (Phi) is 6.43. The van der Waals surface area contributed by atoms with Crippen LogP contribution in [0.25, 0.3) is 0 Å². The van der Waals surface area contributed by atoms with Crippen molar-refractivity contribution in [3.05, 3.63) is 29.3 Å². The fourth-order valence-corrected chi connectivity index (χ4v) is 3.75. The minimum absolute atomic E-state index is 0.0390. The van der Waals surface area contributed by atoms with Crippen molar-refractivity contribution in [1.82, 2.24) is 5.32 Å². The van der Waals surface area contributed by atoms with Crippen LogP contribution in [0.3, 0.4) is 0 Å². The molecule has 1 amide bonds. The van der Waals surface area contributed by atoms with Crippen LogP contribution in [0.1, 0.15) is 36.8 Å². The quantitative estimate of drug-likeness (QED) is 0.784. The summed E-state index contributed by atoms with van der Waals surface area (Å²) in [5, 5.41) is 3.74. The van der Waals surface area contributed by atoms with E-state index in [-0.39, 0.29) is 12.5 Å². The molecular weight excluding hydrogens is 282 g/mol. The zero-order valence-electron chi connectivity index (χ0n) is 13.0. The third-order valence-corrected chi connectivity index (χ3v) is 5.17. The van der Waals surface area contributed by atoms with E-state index in [0.717, 1.165) is 34.4 Å². The number of hydrogen-bond donors (Lipinski definition) is 1. The summed E-state index contributed by atoms with van der Waals surface area (Å²) in [7, 11) is 0. The van der Waals surface area contributed by atoms with Crippen molar-refractivity contribution in [3.63, 3.8) is 0 Å². The molecular formula is C17H25NO2S. The minimum atomic E-state index is -0.0390. The second kappa shape index (κ2) is 8.32. The van der Waals surface area contributed by atoms with E-state index < -0.39 is 0 Å². The van der Waals surface area contributed by atoms with Crippen LogP contribution < -0.4 is 10.1 Å². The first kappa shape index (κ1) is 16.2. The van der Waals surface area contributed by atoms with Gasteiger partial charge in [-0.25, -0.2) is 0 Å². The van der Waals surface area contributed by atoms with Crippen molar-refractivity contribution in [2.75, 3.05) is 18.9 Å². The molecule has 1 saturated carbocycles. The molecule has 0 radical (unpaired) electrons. The Balaban J connectivity index is 1.61. The van der Waals surface area contributed by atoms with Gasteiger partial charge in [0.15, 0.2) is 6.61 Å². The van der Waals surface area contributed by atoms with E-state index in [2.05, 4.69) is 5.32 Å². The van der Waals surface area contributed by atoms with Gasteiger partial charge in [0.2, 0.25) is 0 Å². The van der Waals surface area contributed by atoms with E-state index in [9.17, 15) is 4.79 Å². The highest BCUT2D eigenvalue weighted by Gasteiger charge is 2.14. The molecule has 0 unspecified atom stereocenters. The third-order valence-electron chi connectivity index (χ3n) is 3.78. The SMILES string of the molecule is Cc1ccc(C)c(OCC(=O)NCCSC2CCCC2)c1. The fraction of sp³-hybridized carbons (Fsp3) is 0.588. The summed E-state index contributed by atoms with van der Waals surface area (Å²) in [6, 6.07) is 6.03. The van der Waals surface area contributed by atoms with Crippen molar-refractivity contribution in [2.24, 2.45) is 0 Å². The van der Waals surface area contributed by atoms with Gasteiger partial charge in [-0.1, -0.05) is 25.0 Å². The molecule has 1 aliphatic rings. The zero-order chi connectivity index (χ0) is 15.1. The highest BCUT2D eigenvalue weighted by Crippen LogP contribution is 2.28. The highest BCUT2D eigenvalue weighted by molar-refractivity contribution is 7.99. The summed E-state index contributed by atoms with van der Waals surface area (Å²) in [5.74, 6) is 1.76. The monoisotopic (exact) mass is 307 g/mol. The number of hydrogen-bond acceptors (Lipinski definition) is 3. The van der Waals surface area contributed by atoms with Crippen molar-refractivity contribution in [2.45, 2.75) is 44.8 Å². The first-order chi connectivity index (χ1) is 10.1. The van der Waals surface area contributed by atoms with Crippen LogP contribution in [0.4, 0.5) is 0 Å². The molecule has 1 aliphatic carbocycles. The summed E-state index contributed by atoms with van der Waals surface area (Å²) < 4.78 is 5.59. The van der Waals surface area contributed by atoms with Crippen LogP contribution in [0.5, 0.6) is 5.75 Å². The predicted octanol–water partition coefficient (Wildman–Crippen LogP) is 3.47. The first-order valence-corrected chi connectivity index (χ1v) is 8.78. The Morgan fingerprint density at radius 1 is 1.33 bits per heavy atom. The van der Waals surface area contributed by atoms with Crippen LogP contribution in [-0.4, -0.2) is 30.1 Å². The standard InChI is InChI=1S/C17H25NO2S/c1-13-7-8-14(2)16(11-13)20-12-17(19)18-9-10-21-15-5-3-4-6-15/h7-8,11,15H,3-6,9-10,12H2,1-2H3,(H,18,19). The van der Waals surface area contributed by atoms with Crippen LogP contribution in [0.15, 0.2) is 18.2 Å². The van der Waals surface area contributed by atoms with Crippen molar-refractivity contribution >= 4 is 17.7 Å². The molecule has 21 heavy (non-hydrogen) atoms. The van der Waals surface area contributed by atoms with E-state index in [1.165, 1.54) is 25.7 Å². The molecule has 0 spiro atoms. The van der Waals surface area contributed by atoms with E-state index in [1.807, 2.05) is 43.8 Å². The van der Waals surface area contributed by atoms with Crippen molar-refractivity contribution in [3.8, 4) is 5.75 Å². The minimum Gasteiger partial charge on any atom is -0.483 e. The number of ether oxygens (including phenoxy) is 1. The smallest absolute Gasteiger partial charge is 0.257 e. The molecule has 2 rings (SSSR count). The van der Waals surface area contributed by atoms with Gasteiger partial charge < -0.3 is 10.1 Å². The number of nitrogens with one attached hydrogen (secondary N) is 1. The van der Waals surface area contributed by atoms with Crippen LogP contribution in [-0.2, 0) is 4.79 Å². The third kappa shape index (κ3) is 5.62. The first-order valence-electron chi connectivity index (χ1n) is 7.73. The molecule has 4 heteroatoms. The molecule has 0 heterocycles. The number of carbonyl (C=O) groups is 1. The van der Waals surface area contributed by atoms with Gasteiger partial charge in [-0.15, -0.1) is 0 Å². The lowest BCUT2D eigenvalue weighted by Crippen LogP contribution is -2.31. The number of carbonyl (C=O) groups excluding carboxylic acids is 1. The van der Waals surface area contributed by atoms with Gasteiger partial charge in [-0.3, -0.25) is 4.79 Å². The Hall–Kier alpha value is -1.16. The molecule has 0 saturated heterocycles. The summed E-state index contributed by atoms with van der Waals surface area (Å²) in [4.78, 5) is 11.8. The Bertz CT molecular complexity index is 470.